The molecule has 4 nitrogen and oxygen atoms in total. The van der Waals surface area contributed by atoms with E-state index in [2.05, 4.69) is 0 Å². The second-order valence-electron chi connectivity index (χ2n) is 4.79. The summed E-state index contributed by atoms with van der Waals surface area (Å²) in [6.07, 6.45) is 3.02. The maximum atomic E-state index is 12.1. The molecule has 1 aromatic rings. The summed E-state index contributed by atoms with van der Waals surface area (Å²) in [7, 11) is 0. The standard InChI is InChI=1S/C16H18O4/c1-4-6-12-11(10(2)3)7-5-8-13(12)14(17)9-15(18)16(19)20/h4-8,10H,9H2,1-3H3,(H,19,20)/b6-4-. The minimum absolute atomic E-state index is 0.226. The summed E-state index contributed by atoms with van der Waals surface area (Å²) < 4.78 is 0. The molecule has 1 rings (SSSR count). The zero-order chi connectivity index (χ0) is 15.3. The van der Waals surface area contributed by atoms with Crippen LogP contribution in [0.2, 0.25) is 0 Å². The molecule has 0 aliphatic carbocycles. The van der Waals surface area contributed by atoms with E-state index < -0.39 is 24.0 Å². The summed E-state index contributed by atoms with van der Waals surface area (Å²) in [5.74, 6) is -2.90. The molecule has 1 aromatic carbocycles. The number of rotatable bonds is 6. The molecule has 0 saturated carbocycles. The van der Waals surface area contributed by atoms with E-state index in [9.17, 15) is 14.4 Å². The smallest absolute Gasteiger partial charge is 0.372 e. The van der Waals surface area contributed by atoms with Crippen molar-refractivity contribution in [1.82, 2.24) is 0 Å². The van der Waals surface area contributed by atoms with Gasteiger partial charge in [0.2, 0.25) is 5.78 Å². The lowest BCUT2D eigenvalue weighted by Crippen LogP contribution is -2.18. The van der Waals surface area contributed by atoms with Crippen molar-refractivity contribution in [2.45, 2.75) is 33.1 Å². The van der Waals surface area contributed by atoms with E-state index in [1.807, 2.05) is 39.0 Å². The van der Waals surface area contributed by atoms with Crippen LogP contribution >= 0.6 is 0 Å². The molecule has 1 N–H and O–H groups in total. The van der Waals surface area contributed by atoms with Gasteiger partial charge in [0.1, 0.15) is 0 Å². The Hall–Kier alpha value is -2.23. The fourth-order valence-corrected chi connectivity index (χ4v) is 2.00. The lowest BCUT2D eigenvalue weighted by molar-refractivity contribution is -0.148. The number of carbonyl (C=O) groups excluding carboxylic acids is 2. The van der Waals surface area contributed by atoms with Gasteiger partial charge in [-0.1, -0.05) is 44.2 Å². The molecule has 0 radical (unpaired) electrons. The first-order valence-corrected chi connectivity index (χ1v) is 6.43. The van der Waals surface area contributed by atoms with Crippen LogP contribution in [0.1, 0.15) is 54.6 Å². The first kappa shape index (κ1) is 15.8. The summed E-state index contributed by atoms with van der Waals surface area (Å²) in [4.78, 5) is 33.8. The number of carboxylic acids is 1. The molecule has 0 unspecified atom stereocenters. The van der Waals surface area contributed by atoms with Crippen molar-refractivity contribution in [2.75, 3.05) is 0 Å². The molecule has 0 fully saturated rings. The molecular weight excluding hydrogens is 256 g/mol. The number of ketones is 2. The van der Waals surface area contributed by atoms with Crippen LogP contribution in [-0.2, 0) is 9.59 Å². The van der Waals surface area contributed by atoms with E-state index in [0.29, 0.717) is 5.56 Å². The summed E-state index contributed by atoms with van der Waals surface area (Å²) in [6, 6.07) is 5.30. The van der Waals surface area contributed by atoms with Crippen LogP contribution < -0.4 is 0 Å². The second kappa shape index (κ2) is 6.80. The van der Waals surface area contributed by atoms with Crippen molar-refractivity contribution in [1.29, 1.82) is 0 Å². The molecule has 0 amide bonds. The van der Waals surface area contributed by atoms with Crippen molar-refractivity contribution < 1.29 is 19.5 Å². The van der Waals surface area contributed by atoms with Gasteiger partial charge < -0.3 is 5.11 Å². The van der Waals surface area contributed by atoms with Gasteiger partial charge in [0.25, 0.3) is 0 Å². The number of hydrogen-bond acceptors (Lipinski definition) is 3. The highest BCUT2D eigenvalue weighted by molar-refractivity contribution is 6.37. The van der Waals surface area contributed by atoms with Gasteiger partial charge in [0.15, 0.2) is 5.78 Å². The molecule has 106 valence electrons. The van der Waals surface area contributed by atoms with Crippen molar-refractivity contribution in [2.24, 2.45) is 0 Å². The first-order valence-electron chi connectivity index (χ1n) is 6.43. The third kappa shape index (κ3) is 3.63. The fraction of sp³-hybridized carbons (Fsp3) is 0.312. The highest BCUT2D eigenvalue weighted by Crippen LogP contribution is 2.25. The Bertz CT molecular complexity index is 568. The highest BCUT2D eigenvalue weighted by Gasteiger charge is 2.20. The summed E-state index contributed by atoms with van der Waals surface area (Å²) in [6.45, 7) is 5.87. The van der Waals surface area contributed by atoms with E-state index in [1.165, 1.54) is 0 Å². The van der Waals surface area contributed by atoms with Crippen molar-refractivity contribution in [3.8, 4) is 0 Å². The minimum Gasteiger partial charge on any atom is -0.475 e. The molecule has 0 saturated heterocycles. The van der Waals surface area contributed by atoms with Crippen LogP contribution in [0, 0.1) is 0 Å². The van der Waals surface area contributed by atoms with Crippen molar-refractivity contribution >= 4 is 23.6 Å². The van der Waals surface area contributed by atoms with Gasteiger partial charge in [-0.05, 0) is 24.0 Å². The molecule has 4 heteroatoms. The molecule has 0 aromatic heterocycles. The van der Waals surface area contributed by atoms with E-state index >= 15 is 0 Å². The Kier molecular flexibility index (Phi) is 5.38. The number of Topliss-reactive ketones (excluding diaryl/α,β-unsaturated/α-hetero) is 2. The Morgan fingerprint density at radius 3 is 2.40 bits per heavy atom. The second-order valence-corrected chi connectivity index (χ2v) is 4.79. The van der Waals surface area contributed by atoms with Crippen LogP contribution in [0.25, 0.3) is 6.08 Å². The Morgan fingerprint density at radius 1 is 1.25 bits per heavy atom. The first-order chi connectivity index (χ1) is 9.38. The van der Waals surface area contributed by atoms with E-state index in [0.717, 1.165) is 11.1 Å². The van der Waals surface area contributed by atoms with Crippen molar-refractivity contribution in [3.05, 3.63) is 41.0 Å². The number of hydrogen-bond donors (Lipinski definition) is 1. The quantitative estimate of drug-likeness (QED) is 0.491. The van der Waals surface area contributed by atoms with Gasteiger partial charge in [-0.25, -0.2) is 4.79 Å². The summed E-state index contributed by atoms with van der Waals surface area (Å²) in [5, 5.41) is 8.58. The van der Waals surface area contributed by atoms with E-state index in [-0.39, 0.29) is 5.92 Å². The molecular formula is C16H18O4. The summed E-state index contributed by atoms with van der Waals surface area (Å²) in [5.41, 5.74) is 2.15. The van der Waals surface area contributed by atoms with E-state index in [4.69, 9.17) is 5.11 Å². The molecule has 0 aliphatic heterocycles. The lowest BCUT2D eigenvalue weighted by atomic mass is 9.90. The minimum atomic E-state index is -1.58. The normalized spacial score (nSPS) is 11.0. The number of carbonyl (C=O) groups is 3. The summed E-state index contributed by atoms with van der Waals surface area (Å²) >= 11 is 0. The molecule has 0 bridgehead atoms. The topological polar surface area (TPSA) is 71.4 Å². The van der Waals surface area contributed by atoms with Crippen LogP contribution in [0.5, 0.6) is 0 Å². The zero-order valence-electron chi connectivity index (χ0n) is 11.8. The maximum absolute atomic E-state index is 12.1. The van der Waals surface area contributed by atoms with Crippen LogP contribution in [0.4, 0.5) is 0 Å². The number of benzene rings is 1. The molecule has 0 spiro atoms. The monoisotopic (exact) mass is 274 g/mol. The van der Waals surface area contributed by atoms with Gasteiger partial charge in [-0.2, -0.15) is 0 Å². The highest BCUT2D eigenvalue weighted by atomic mass is 16.4. The zero-order valence-corrected chi connectivity index (χ0v) is 11.8. The Morgan fingerprint density at radius 2 is 1.90 bits per heavy atom. The van der Waals surface area contributed by atoms with Crippen molar-refractivity contribution in [3.63, 3.8) is 0 Å². The number of aliphatic carboxylic acids is 1. The van der Waals surface area contributed by atoms with E-state index in [1.54, 1.807) is 12.1 Å². The van der Waals surface area contributed by atoms with Gasteiger partial charge >= 0.3 is 5.97 Å². The Labute approximate surface area is 118 Å². The molecule has 20 heavy (non-hydrogen) atoms. The maximum Gasteiger partial charge on any atom is 0.372 e. The lowest BCUT2D eigenvalue weighted by Gasteiger charge is -2.13. The molecule has 0 aliphatic rings. The third-order valence-corrected chi connectivity index (χ3v) is 2.96. The van der Waals surface area contributed by atoms with Gasteiger partial charge in [-0.15, -0.1) is 0 Å². The van der Waals surface area contributed by atoms with Crippen LogP contribution in [0.3, 0.4) is 0 Å². The number of allylic oxidation sites excluding steroid dienone is 1. The van der Waals surface area contributed by atoms with Gasteiger partial charge in [0, 0.05) is 5.56 Å². The average molecular weight is 274 g/mol. The van der Waals surface area contributed by atoms with Gasteiger partial charge in [-0.3, -0.25) is 9.59 Å². The van der Waals surface area contributed by atoms with Crippen LogP contribution in [0.15, 0.2) is 24.3 Å². The third-order valence-electron chi connectivity index (χ3n) is 2.96. The SMILES string of the molecule is C/C=C\c1c(C(=O)CC(=O)C(=O)O)cccc1C(C)C. The fourth-order valence-electron chi connectivity index (χ4n) is 2.00. The van der Waals surface area contributed by atoms with Gasteiger partial charge in [0.05, 0.1) is 6.42 Å². The average Bonchev–Trinajstić information content (AvgIpc) is 2.38. The van der Waals surface area contributed by atoms with Crippen LogP contribution in [-0.4, -0.2) is 22.6 Å². The largest absolute Gasteiger partial charge is 0.475 e. The predicted molar refractivity (Wildman–Crippen MR) is 76.8 cm³/mol. The number of carboxylic acid groups (broad SMARTS) is 1. The Balaban J connectivity index is 3.23. The molecule has 0 heterocycles. The predicted octanol–water partition coefficient (Wildman–Crippen LogP) is 3.07. The molecule has 0 atom stereocenters.